The zero-order valence-electron chi connectivity index (χ0n) is 9.01. The van der Waals surface area contributed by atoms with Crippen molar-refractivity contribution in [3.05, 3.63) is 29.8 Å². The maximum atomic E-state index is 13.2. The predicted molar refractivity (Wildman–Crippen MR) is 67.2 cm³/mol. The van der Waals surface area contributed by atoms with E-state index in [-0.39, 0.29) is 42.3 Å². The van der Waals surface area contributed by atoms with Gasteiger partial charge in [0.2, 0.25) is 0 Å². The van der Waals surface area contributed by atoms with Crippen LogP contribution in [0.5, 0.6) is 0 Å². The van der Waals surface area contributed by atoms with Gasteiger partial charge in [-0.2, -0.15) is 0 Å². The Labute approximate surface area is 111 Å². The number of nitrogens with zero attached hydrogens (tertiary/aromatic N) is 2. The lowest BCUT2D eigenvalue weighted by Crippen LogP contribution is -2.32. The Hall–Kier alpha value is -0.910. The van der Waals surface area contributed by atoms with Crippen molar-refractivity contribution in [1.29, 1.82) is 0 Å². The molecule has 4 nitrogen and oxygen atoms in total. The van der Waals surface area contributed by atoms with Gasteiger partial charge in [0.1, 0.15) is 0 Å². The monoisotopic (exact) mass is 281 g/mol. The molecule has 1 atom stereocenters. The molecule has 1 aromatic heterocycles. The molecule has 2 heterocycles. The SMILES string of the molecule is Cl.Cl.NC1CCN(C(=O)c2ccncc2F)C1. The Morgan fingerprint density at radius 2 is 2.24 bits per heavy atom. The number of amides is 1. The molecule has 1 fully saturated rings. The molecule has 17 heavy (non-hydrogen) atoms. The molecule has 0 bridgehead atoms. The molecular weight excluding hydrogens is 268 g/mol. The first-order valence-corrected chi connectivity index (χ1v) is 4.83. The second-order valence-electron chi connectivity index (χ2n) is 3.66. The van der Waals surface area contributed by atoms with Gasteiger partial charge >= 0.3 is 0 Å². The first-order valence-electron chi connectivity index (χ1n) is 4.83. The van der Waals surface area contributed by atoms with Crippen molar-refractivity contribution in [3.63, 3.8) is 0 Å². The van der Waals surface area contributed by atoms with E-state index in [1.807, 2.05) is 0 Å². The van der Waals surface area contributed by atoms with Crippen molar-refractivity contribution in [2.45, 2.75) is 12.5 Å². The Morgan fingerprint density at radius 3 is 2.76 bits per heavy atom. The van der Waals surface area contributed by atoms with Crippen LogP contribution in [0.4, 0.5) is 4.39 Å². The van der Waals surface area contributed by atoms with Crippen LogP contribution in [0, 0.1) is 5.82 Å². The van der Waals surface area contributed by atoms with Crippen LogP contribution in [0.1, 0.15) is 16.8 Å². The summed E-state index contributed by atoms with van der Waals surface area (Å²) in [5.41, 5.74) is 5.75. The molecule has 0 radical (unpaired) electrons. The maximum Gasteiger partial charge on any atom is 0.256 e. The summed E-state index contributed by atoms with van der Waals surface area (Å²) in [5, 5.41) is 0. The van der Waals surface area contributed by atoms with Crippen LogP contribution in [-0.2, 0) is 0 Å². The summed E-state index contributed by atoms with van der Waals surface area (Å²) in [6.45, 7) is 1.10. The fourth-order valence-corrected chi connectivity index (χ4v) is 1.69. The molecule has 1 unspecified atom stereocenters. The number of hydrogen-bond acceptors (Lipinski definition) is 3. The average Bonchev–Trinajstić information content (AvgIpc) is 2.65. The summed E-state index contributed by atoms with van der Waals surface area (Å²) in [6, 6.07) is 1.40. The molecule has 1 amide bonds. The van der Waals surface area contributed by atoms with Crippen LogP contribution in [0.3, 0.4) is 0 Å². The Balaban J connectivity index is 0.00000128. The smallest absolute Gasteiger partial charge is 0.256 e. The number of pyridine rings is 1. The lowest BCUT2D eigenvalue weighted by molar-refractivity contribution is 0.0786. The largest absolute Gasteiger partial charge is 0.337 e. The molecule has 0 aromatic carbocycles. The average molecular weight is 282 g/mol. The minimum absolute atomic E-state index is 0. The van der Waals surface area contributed by atoms with Crippen LogP contribution in [0.2, 0.25) is 0 Å². The summed E-state index contributed by atoms with van der Waals surface area (Å²) >= 11 is 0. The van der Waals surface area contributed by atoms with Gasteiger partial charge in [-0.25, -0.2) is 4.39 Å². The number of aromatic nitrogens is 1. The number of likely N-dealkylation sites (tertiary alicyclic amines) is 1. The number of carbonyl (C=O) groups is 1. The molecule has 1 aromatic rings. The highest BCUT2D eigenvalue weighted by molar-refractivity contribution is 5.94. The van der Waals surface area contributed by atoms with Crippen LogP contribution < -0.4 is 5.73 Å². The van der Waals surface area contributed by atoms with Crippen molar-refractivity contribution in [2.75, 3.05) is 13.1 Å². The highest BCUT2D eigenvalue weighted by Gasteiger charge is 2.25. The van der Waals surface area contributed by atoms with Gasteiger partial charge in [-0.05, 0) is 12.5 Å². The molecule has 1 saturated heterocycles. The molecule has 7 heteroatoms. The van der Waals surface area contributed by atoms with E-state index in [9.17, 15) is 9.18 Å². The summed E-state index contributed by atoms with van der Waals surface area (Å²) < 4.78 is 13.2. The van der Waals surface area contributed by atoms with Crippen LogP contribution >= 0.6 is 24.8 Å². The third kappa shape index (κ3) is 3.52. The molecule has 0 spiro atoms. The minimum atomic E-state index is -0.581. The van der Waals surface area contributed by atoms with Crippen LogP contribution in [0.15, 0.2) is 18.5 Å². The first kappa shape index (κ1) is 16.1. The lowest BCUT2D eigenvalue weighted by atomic mass is 10.2. The number of hydrogen-bond donors (Lipinski definition) is 1. The third-order valence-corrected chi connectivity index (χ3v) is 2.51. The van der Waals surface area contributed by atoms with E-state index in [0.717, 1.165) is 12.6 Å². The van der Waals surface area contributed by atoms with E-state index in [0.29, 0.717) is 13.1 Å². The number of nitrogens with two attached hydrogens (primary N) is 1. The maximum absolute atomic E-state index is 13.2. The Morgan fingerprint density at radius 1 is 1.53 bits per heavy atom. The highest BCUT2D eigenvalue weighted by Crippen LogP contribution is 2.13. The van der Waals surface area contributed by atoms with Gasteiger partial charge in [0.15, 0.2) is 5.82 Å². The quantitative estimate of drug-likeness (QED) is 0.843. The van der Waals surface area contributed by atoms with Crippen molar-refractivity contribution in [3.8, 4) is 0 Å². The number of halogens is 3. The fourth-order valence-electron chi connectivity index (χ4n) is 1.69. The molecule has 1 aliphatic rings. The molecule has 1 aliphatic heterocycles. The summed E-state index contributed by atoms with van der Waals surface area (Å²) in [7, 11) is 0. The van der Waals surface area contributed by atoms with Crippen LogP contribution in [0.25, 0.3) is 0 Å². The van der Waals surface area contributed by atoms with E-state index >= 15 is 0 Å². The second-order valence-corrected chi connectivity index (χ2v) is 3.66. The van der Waals surface area contributed by atoms with Gasteiger partial charge in [0.05, 0.1) is 11.8 Å². The summed E-state index contributed by atoms with van der Waals surface area (Å²) in [5.74, 6) is -0.883. The van der Waals surface area contributed by atoms with Gasteiger partial charge in [-0.15, -0.1) is 24.8 Å². The van der Waals surface area contributed by atoms with E-state index in [2.05, 4.69) is 4.98 Å². The van der Waals surface area contributed by atoms with Crippen molar-refractivity contribution >= 4 is 30.7 Å². The molecule has 0 aliphatic carbocycles. The van der Waals surface area contributed by atoms with E-state index in [4.69, 9.17) is 5.73 Å². The molecule has 2 N–H and O–H groups in total. The Kier molecular flexibility index (Phi) is 6.37. The molecule has 0 saturated carbocycles. The zero-order chi connectivity index (χ0) is 10.8. The van der Waals surface area contributed by atoms with E-state index in [1.54, 1.807) is 4.90 Å². The van der Waals surface area contributed by atoms with Crippen LogP contribution in [-0.4, -0.2) is 34.9 Å². The molecular formula is C10H14Cl2FN3O. The first-order chi connectivity index (χ1) is 7.18. The van der Waals surface area contributed by atoms with Gasteiger partial charge in [-0.3, -0.25) is 9.78 Å². The summed E-state index contributed by atoms with van der Waals surface area (Å²) in [4.78, 5) is 17.0. The normalized spacial score (nSPS) is 18.2. The van der Waals surface area contributed by atoms with Gasteiger partial charge < -0.3 is 10.6 Å². The summed E-state index contributed by atoms with van der Waals surface area (Å²) in [6.07, 6.45) is 3.23. The van der Waals surface area contributed by atoms with E-state index in [1.165, 1.54) is 12.3 Å². The van der Waals surface area contributed by atoms with Gasteiger partial charge in [0, 0.05) is 25.3 Å². The molecule has 2 rings (SSSR count). The van der Waals surface area contributed by atoms with Gasteiger partial charge in [-0.1, -0.05) is 0 Å². The van der Waals surface area contributed by atoms with Crippen molar-refractivity contribution < 1.29 is 9.18 Å². The number of carbonyl (C=O) groups excluding carboxylic acids is 1. The highest BCUT2D eigenvalue weighted by atomic mass is 35.5. The lowest BCUT2D eigenvalue weighted by Gasteiger charge is -2.15. The zero-order valence-corrected chi connectivity index (χ0v) is 10.6. The van der Waals surface area contributed by atoms with Crippen molar-refractivity contribution in [1.82, 2.24) is 9.88 Å². The topological polar surface area (TPSA) is 59.2 Å². The standard InChI is InChI=1S/C10H12FN3O.2ClH/c11-9-5-13-3-1-8(9)10(15)14-4-2-7(12)6-14;;/h1,3,5,7H,2,4,6,12H2;2*1H. The fraction of sp³-hybridized carbons (Fsp3) is 0.400. The second kappa shape index (κ2) is 6.74. The van der Waals surface area contributed by atoms with E-state index < -0.39 is 5.82 Å². The Bertz CT molecular complexity index is 392. The minimum Gasteiger partial charge on any atom is -0.337 e. The number of rotatable bonds is 1. The van der Waals surface area contributed by atoms with Gasteiger partial charge in [0.25, 0.3) is 5.91 Å². The molecule has 96 valence electrons. The third-order valence-electron chi connectivity index (χ3n) is 2.51. The van der Waals surface area contributed by atoms with Crippen molar-refractivity contribution in [2.24, 2.45) is 5.73 Å². The predicted octanol–water partition coefficient (Wildman–Crippen LogP) is 1.24.